The molecule has 3 aromatic rings. The van der Waals surface area contributed by atoms with Gasteiger partial charge in [0, 0.05) is 16.9 Å². The molecule has 144 valence electrons. The third-order valence-corrected chi connectivity index (χ3v) is 5.35. The van der Waals surface area contributed by atoms with Crippen LogP contribution in [0.1, 0.15) is 15.9 Å². The molecule has 0 unspecified atom stereocenters. The second-order valence-corrected chi connectivity index (χ2v) is 7.74. The van der Waals surface area contributed by atoms with Gasteiger partial charge in [0.05, 0.1) is 4.90 Å². The van der Waals surface area contributed by atoms with E-state index in [1.54, 1.807) is 6.92 Å². The summed E-state index contributed by atoms with van der Waals surface area (Å²) in [6, 6.07) is 14.5. The van der Waals surface area contributed by atoms with Crippen molar-refractivity contribution in [1.82, 2.24) is 0 Å². The first-order valence-corrected chi connectivity index (χ1v) is 9.69. The van der Waals surface area contributed by atoms with Crippen molar-refractivity contribution in [3.8, 4) is 0 Å². The highest BCUT2D eigenvalue weighted by atomic mass is 32.2. The maximum atomic E-state index is 13.6. The maximum Gasteiger partial charge on any atom is 0.261 e. The highest BCUT2D eigenvalue weighted by Gasteiger charge is 2.14. The largest absolute Gasteiger partial charge is 0.322 e. The van der Waals surface area contributed by atoms with E-state index in [0.29, 0.717) is 11.3 Å². The minimum atomic E-state index is -3.86. The molecule has 0 fully saturated rings. The topological polar surface area (TPSA) is 75.3 Å². The number of rotatable bonds is 5. The van der Waals surface area contributed by atoms with E-state index in [-0.39, 0.29) is 16.1 Å². The molecule has 0 saturated carbocycles. The molecule has 5 nitrogen and oxygen atoms in total. The average Bonchev–Trinajstić information content (AvgIpc) is 2.65. The van der Waals surface area contributed by atoms with Crippen LogP contribution in [-0.2, 0) is 10.0 Å². The molecule has 0 aliphatic carbocycles. The zero-order chi connectivity index (χ0) is 20.3. The predicted molar refractivity (Wildman–Crippen MR) is 103 cm³/mol. The van der Waals surface area contributed by atoms with E-state index in [0.717, 1.165) is 30.3 Å². The van der Waals surface area contributed by atoms with E-state index in [1.807, 2.05) is 0 Å². The first-order chi connectivity index (χ1) is 13.2. The number of halogens is 2. The van der Waals surface area contributed by atoms with Crippen molar-refractivity contribution < 1.29 is 22.0 Å². The van der Waals surface area contributed by atoms with Crippen LogP contribution in [-0.4, -0.2) is 14.3 Å². The third-order valence-electron chi connectivity index (χ3n) is 3.95. The van der Waals surface area contributed by atoms with Gasteiger partial charge in [-0.25, -0.2) is 17.2 Å². The molecule has 28 heavy (non-hydrogen) atoms. The summed E-state index contributed by atoms with van der Waals surface area (Å²) in [6.07, 6.45) is 0. The van der Waals surface area contributed by atoms with Crippen LogP contribution in [0.25, 0.3) is 0 Å². The molecule has 0 spiro atoms. The SMILES string of the molecule is Cc1ccc(C(=O)Nc2ccc(NS(=O)(=O)c3ccc(F)cc3)cc2)cc1F. The first-order valence-electron chi connectivity index (χ1n) is 8.20. The normalized spacial score (nSPS) is 11.1. The Hall–Kier alpha value is -3.26. The minimum Gasteiger partial charge on any atom is -0.322 e. The van der Waals surface area contributed by atoms with E-state index in [4.69, 9.17) is 0 Å². The summed E-state index contributed by atoms with van der Waals surface area (Å²) in [7, 11) is -3.86. The Morgan fingerprint density at radius 3 is 2.07 bits per heavy atom. The van der Waals surface area contributed by atoms with Crippen molar-refractivity contribution in [3.05, 3.63) is 89.5 Å². The van der Waals surface area contributed by atoms with Gasteiger partial charge in [0.2, 0.25) is 0 Å². The lowest BCUT2D eigenvalue weighted by Crippen LogP contribution is -2.14. The highest BCUT2D eigenvalue weighted by molar-refractivity contribution is 7.92. The summed E-state index contributed by atoms with van der Waals surface area (Å²) in [5.41, 5.74) is 1.29. The Balaban J connectivity index is 1.70. The molecular formula is C20H16F2N2O3S. The van der Waals surface area contributed by atoms with Gasteiger partial charge in [-0.05, 0) is 73.2 Å². The van der Waals surface area contributed by atoms with Crippen LogP contribution >= 0.6 is 0 Å². The van der Waals surface area contributed by atoms with Crippen LogP contribution in [0.15, 0.2) is 71.6 Å². The van der Waals surface area contributed by atoms with Crippen molar-refractivity contribution in [2.45, 2.75) is 11.8 Å². The molecule has 8 heteroatoms. The molecule has 0 aromatic heterocycles. The van der Waals surface area contributed by atoms with Gasteiger partial charge in [0.15, 0.2) is 0 Å². The number of nitrogens with one attached hydrogen (secondary N) is 2. The quantitative estimate of drug-likeness (QED) is 0.667. The number of carbonyl (C=O) groups is 1. The molecule has 0 aliphatic rings. The lowest BCUT2D eigenvalue weighted by molar-refractivity contribution is 0.102. The Morgan fingerprint density at radius 2 is 1.46 bits per heavy atom. The third kappa shape index (κ3) is 4.52. The van der Waals surface area contributed by atoms with Crippen LogP contribution in [0.4, 0.5) is 20.2 Å². The van der Waals surface area contributed by atoms with Crippen molar-refractivity contribution in [2.75, 3.05) is 10.0 Å². The number of carbonyl (C=O) groups excluding carboxylic acids is 1. The summed E-state index contributed by atoms with van der Waals surface area (Å²) in [6.45, 7) is 1.60. The van der Waals surface area contributed by atoms with Crippen molar-refractivity contribution in [1.29, 1.82) is 0 Å². The first kappa shape index (κ1) is 19.5. The summed E-state index contributed by atoms with van der Waals surface area (Å²) >= 11 is 0. The fourth-order valence-electron chi connectivity index (χ4n) is 2.39. The number of hydrogen-bond acceptors (Lipinski definition) is 3. The zero-order valence-electron chi connectivity index (χ0n) is 14.7. The molecule has 0 radical (unpaired) electrons. The smallest absolute Gasteiger partial charge is 0.261 e. The summed E-state index contributed by atoms with van der Waals surface area (Å²) in [5.74, 6) is -1.50. The van der Waals surface area contributed by atoms with Crippen molar-refractivity contribution in [2.24, 2.45) is 0 Å². The standard InChI is InChI=1S/C20H16F2N2O3S/c1-13-2-3-14(12-19(13)22)20(25)23-16-6-8-17(9-7-16)24-28(26,27)18-10-4-15(21)5-11-18/h2-12,24H,1H3,(H,23,25). The molecule has 3 rings (SSSR count). The molecule has 0 bridgehead atoms. The van der Waals surface area contributed by atoms with Gasteiger partial charge in [-0.2, -0.15) is 0 Å². The van der Waals surface area contributed by atoms with Gasteiger partial charge in [0.25, 0.3) is 15.9 Å². The van der Waals surface area contributed by atoms with Crippen LogP contribution in [0, 0.1) is 18.6 Å². The number of benzene rings is 3. The summed E-state index contributed by atoms with van der Waals surface area (Å²) < 4.78 is 53.5. The fraction of sp³-hybridized carbons (Fsp3) is 0.0500. The van der Waals surface area contributed by atoms with E-state index in [2.05, 4.69) is 10.0 Å². The van der Waals surface area contributed by atoms with E-state index in [9.17, 15) is 22.0 Å². The molecule has 2 N–H and O–H groups in total. The molecule has 3 aromatic carbocycles. The summed E-state index contributed by atoms with van der Waals surface area (Å²) in [4.78, 5) is 12.1. The number of sulfonamides is 1. The number of aryl methyl sites for hydroxylation is 1. The van der Waals surface area contributed by atoms with Gasteiger partial charge in [-0.3, -0.25) is 9.52 Å². The van der Waals surface area contributed by atoms with Gasteiger partial charge >= 0.3 is 0 Å². The molecule has 0 heterocycles. The second kappa shape index (κ2) is 7.77. The van der Waals surface area contributed by atoms with Crippen LogP contribution in [0.3, 0.4) is 0 Å². The molecule has 0 saturated heterocycles. The number of amides is 1. The van der Waals surface area contributed by atoms with Gasteiger partial charge in [0.1, 0.15) is 11.6 Å². The molecular weight excluding hydrogens is 386 g/mol. The lowest BCUT2D eigenvalue weighted by atomic mass is 10.1. The van der Waals surface area contributed by atoms with Crippen molar-refractivity contribution in [3.63, 3.8) is 0 Å². The number of anilines is 2. The number of hydrogen-bond donors (Lipinski definition) is 2. The average molecular weight is 402 g/mol. The molecule has 0 aliphatic heterocycles. The maximum absolute atomic E-state index is 13.6. The Kier molecular flexibility index (Phi) is 5.41. The fourth-order valence-corrected chi connectivity index (χ4v) is 3.45. The summed E-state index contributed by atoms with van der Waals surface area (Å²) in [5, 5.41) is 2.61. The zero-order valence-corrected chi connectivity index (χ0v) is 15.6. The van der Waals surface area contributed by atoms with Gasteiger partial charge < -0.3 is 5.32 Å². The second-order valence-electron chi connectivity index (χ2n) is 6.05. The minimum absolute atomic E-state index is 0.0762. The molecule has 1 amide bonds. The lowest BCUT2D eigenvalue weighted by Gasteiger charge is -2.10. The highest BCUT2D eigenvalue weighted by Crippen LogP contribution is 2.19. The van der Waals surface area contributed by atoms with Crippen LogP contribution < -0.4 is 10.0 Å². The Bertz CT molecular complexity index is 1110. The predicted octanol–water partition coefficient (Wildman–Crippen LogP) is 4.33. The van der Waals surface area contributed by atoms with Crippen molar-refractivity contribution >= 4 is 27.3 Å². The van der Waals surface area contributed by atoms with Crippen LogP contribution in [0.5, 0.6) is 0 Å². The Morgan fingerprint density at radius 1 is 0.857 bits per heavy atom. The van der Waals surface area contributed by atoms with E-state index < -0.39 is 27.6 Å². The molecule has 0 atom stereocenters. The van der Waals surface area contributed by atoms with Gasteiger partial charge in [-0.1, -0.05) is 6.07 Å². The monoisotopic (exact) mass is 402 g/mol. The van der Waals surface area contributed by atoms with Gasteiger partial charge in [-0.15, -0.1) is 0 Å². The Labute approximate surface area is 161 Å². The van der Waals surface area contributed by atoms with E-state index in [1.165, 1.54) is 36.4 Å². The van der Waals surface area contributed by atoms with E-state index >= 15 is 0 Å². The van der Waals surface area contributed by atoms with Crippen LogP contribution in [0.2, 0.25) is 0 Å².